The van der Waals surface area contributed by atoms with E-state index in [2.05, 4.69) is 4.74 Å². The minimum absolute atomic E-state index is 0.171. The summed E-state index contributed by atoms with van der Waals surface area (Å²) < 4.78 is 47.2. The molecule has 0 aliphatic rings. The number of alkyl halides is 3. The van der Waals surface area contributed by atoms with Gasteiger partial charge in [-0.25, -0.2) is 0 Å². The number of nitrogens with zero attached hydrogens (tertiary/aromatic N) is 1. The zero-order chi connectivity index (χ0) is 19.3. The maximum atomic E-state index is 12.8. The summed E-state index contributed by atoms with van der Waals surface area (Å²) in [5.74, 6) is -1.22. The van der Waals surface area contributed by atoms with Gasteiger partial charge in [-0.15, -0.1) is 13.2 Å². The van der Waals surface area contributed by atoms with Crippen LogP contribution in [0.25, 0.3) is 0 Å². The molecule has 138 valence electrons. The summed E-state index contributed by atoms with van der Waals surface area (Å²) >= 11 is 5.80. The van der Waals surface area contributed by atoms with Crippen LogP contribution in [0.5, 0.6) is 11.5 Å². The molecule has 0 saturated carbocycles. The fourth-order valence-electron chi connectivity index (χ4n) is 2.00. The number of rotatable bonds is 6. The number of ether oxygens (including phenoxy) is 2. The van der Waals surface area contributed by atoms with Crippen LogP contribution < -0.4 is 9.47 Å². The molecule has 0 aliphatic carbocycles. The van der Waals surface area contributed by atoms with Crippen LogP contribution in [0.15, 0.2) is 60.5 Å². The van der Waals surface area contributed by atoms with Crippen LogP contribution in [-0.2, 0) is 0 Å². The largest absolute Gasteiger partial charge is 0.573 e. The van der Waals surface area contributed by atoms with E-state index >= 15 is 0 Å². The molecule has 0 radical (unpaired) electrons. The van der Waals surface area contributed by atoms with E-state index in [1.165, 1.54) is 41.4 Å². The number of hydrogen-bond acceptors (Lipinski definition) is 4. The van der Waals surface area contributed by atoms with Crippen molar-refractivity contribution in [2.75, 3.05) is 14.1 Å². The quantitative estimate of drug-likeness (QED) is 0.402. The molecule has 2 aromatic carbocycles. The van der Waals surface area contributed by atoms with Crippen molar-refractivity contribution in [3.8, 4) is 11.5 Å². The molecule has 0 aliphatic heterocycles. The van der Waals surface area contributed by atoms with E-state index in [9.17, 15) is 18.0 Å². The molecule has 0 spiro atoms. The molecule has 2 aromatic rings. The van der Waals surface area contributed by atoms with Crippen LogP contribution in [0.1, 0.15) is 10.4 Å². The average molecular weight is 386 g/mol. The predicted molar refractivity (Wildman–Crippen MR) is 91.3 cm³/mol. The highest BCUT2D eigenvalue weighted by atomic mass is 35.5. The topological polar surface area (TPSA) is 38.8 Å². The predicted octanol–water partition coefficient (Wildman–Crippen LogP) is 4.90. The molecular formula is C18H15ClF3NO3. The second kappa shape index (κ2) is 8.14. The van der Waals surface area contributed by atoms with E-state index in [0.717, 1.165) is 6.07 Å². The molecule has 0 N–H and O–H groups in total. The third-order valence-corrected chi connectivity index (χ3v) is 3.25. The van der Waals surface area contributed by atoms with Crippen molar-refractivity contribution in [3.05, 3.63) is 71.1 Å². The normalized spacial score (nSPS) is 11.8. The molecule has 0 amide bonds. The Labute approximate surface area is 153 Å². The van der Waals surface area contributed by atoms with Gasteiger partial charge in [0.2, 0.25) is 5.78 Å². The van der Waals surface area contributed by atoms with Gasteiger partial charge in [0.15, 0.2) is 5.76 Å². The first-order valence-corrected chi connectivity index (χ1v) is 7.74. The van der Waals surface area contributed by atoms with Gasteiger partial charge in [-0.3, -0.25) is 4.79 Å². The Bertz CT molecular complexity index is 802. The molecule has 0 aromatic heterocycles. The molecule has 0 unspecified atom stereocenters. The van der Waals surface area contributed by atoms with Gasteiger partial charge in [-0.1, -0.05) is 23.7 Å². The molecular weight excluding hydrogens is 371 g/mol. The Kier molecular flexibility index (Phi) is 6.15. The molecule has 26 heavy (non-hydrogen) atoms. The lowest BCUT2D eigenvalue weighted by Crippen LogP contribution is -2.20. The van der Waals surface area contributed by atoms with Gasteiger partial charge >= 0.3 is 6.36 Å². The van der Waals surface area contributed by atoms with Gasteiger partial charge in [0.05, 0.1) is 5.56 Å². The summed E-state index contributed by atoms with van der Waals surface area (Å²) in [4.78, 5) is 14.3. The lowest BCUT2D eigenvalue weighted by molar-refractivity contribution is -0.274. The number of ketones is 1. The fraction of sp³-hybridized carbons (Fsp3) is 0.167. The van der Waals surface area contributed by atoms with Gasteiger partial charge in [0.1, 0.15) is 11.5 Å². The molecule has 4 nitrogen and oxygen atoms in total. The minimum Gasteiger partial charge on any atom is -0.452 e. The second-order valence-electron chi connectivity index (χ2n) is 5.39. The van der Waals surface area contributed by atoms with E-state index in [0.29, 0.717) is 10.8 Å². The van der Waals surface area contributed by atoms with E-state index < -0.39 is 17.9 Å². The van der Waals surface area contributed by atoms with Crippen LogP contribution in [0.3, 0.4) is 0 Å². The van der Waals surface area contributed by atoms with Gasteiger partial charge in [-0.05, 0) is 36.4 Å². The van der Waals surface area contributed by atoms with Crippen molar-refractivity contribution < 1.29 is 27.4 Å². The van der Waals surface area contributed by atoms with Crippen molar-refractivity contribution in [1.29, 1.82) is 0 Å². The smallest absolute Gasteiger partial charge is 0.452 e. The number of benzene rings is 2. The van der Waals surface area contributed by atoms with Gasteiger partial charge in [-0.2, -0.15) is 0 Å². The first-order chi connectivity index (χ1) is 12.2. The molecule has 0 fully saturated rings. The van der Waals surface area contributed by atoms with Crippen molar-refractivity contribution >= 4 is 17.4 Å². The summed E-state index contributed by atoms with van der Waals surface area (Å²) in [6.07, 6.45) is -3.56. The molecule has 0 bridgehead atoms. The molecule has 0 saturated heterocycles. The lowest BCUT2D eigenvalue weighted by Gasteiger charge is -2.16. The Morgan fingerprint density at radius 3 is 2.27 bits per heavy atom. The van der Waals surface area contributed by atoms with Crippen molar-refractivity contribution in [2.24, 2.45) is 0 Å². The average Bonchev–Trinajstić information content (AvgIpc) is 2.54. The maximum absolute atomic E-state index is 12.8. The molecule has 8 heteroatoms. The van der Waals surface area contributed by atoms with E-state index in [1.807, 2.05) is 0 Å². The third kappa shape index (κ3) is 5.70. The highest BCUT2D eigenvalue weighted by Gasteiger charge is 2.33. The van der Waals surface area contributed by atoms with E-state index in [1.54, 1.807) is 26.2 Å². The van der Waals surface area contributed by atoms with Crippen molar-refractivity contribution in [1.82, 2.24) is 4.90 Å². The first-order valence-electron chi connectivity index (χ1n) is 7.37. The minimum atomic E-state index is -4.92. The van der Waals surface area contributed by atoms with Crippen LogP contribution in [0.2, 0.25) is 5.02 Å². The van der Waals surface area contributed by atoms with Crippen molar-refractivity contribution in [3.63, 3.8) is 0 Å². The molecule has 2 rings (SSSR count). The molecule has 0 heterocycles. The first kappa shape index (κ1) is 19.7. The van der Waals surface area contributed by atoms with Crippen LogP contribution >= 0.6 is 11.6 Å². The Balaban J connectivity index is 2.37. The zero-order valence-electron chi connectivity index (χ0n) is 13.9. The summed E-state index contributed by atoms with van der Waals surface area (Å²) in [6.45, 7) is 0. The third-order valence-electron chi connectivity index (χ3n) is 3.00. The van der Waals surface area contributed by atoms with Gasteiger partial charge in [0.25, 0.3) is 0 Å². The number of Topliss-reactive ketones (excluding diaryl/α,β-unsaturated/α-hetero) is 1. The van der Waals surface area contributed by atoms with Crippen LogP contribution in [0, 0.1) is 0 Å². The number of carbonyl (C=O) groups is 1. The Morgan fingerprint density at radius 2 is 1.69 bits per heavy atom. The Hall–Kier alpha value is -2.67. The number of hydrogen-bond donors (Lipinski definition) is 0. The lowest BCUT2D eigenvalue weighted by atomic mass is 10.1. The standard InChI is InChI=1S/C18H15ClF3NO3/c1-23(2)11-16(25-13-9-7-12(19)8-10-13)17(24)14-5-3-4-6-15(14)26-18(20,21)22/h3-11H,1-2H3/b16-11+. The van der Waals surface area contributed by atoms with Crippen molar-refractivity contribution in [2.45, 2.75) is 6.36 Å². The second-order valence-corrected chi connectivity index (χ2v) is 5.82. The maximum Gasteiger partial charge on any atom is 0.573 e. The number of allylic oxidation sites excluding steroid dienone is 1. The fourth-order valence-corrected chi connectivity index (χ4v) is 2.12. The van der Waals surface area contributed by atoms with Gasteiger partial charge in [0, 0.05) is 25.3 Å². The highest BCUT2D eigenvalue weighted by molar-refractivity contribution is 6.30. The number of halogens is 4. The summed E-state index contributed by atoms with van der Waals surface area (Å²) in [7, 11) is 3.30. The zero-order valence-corrected chi connectivity index (χ0v) is 14.6. The summed E-state index contributed by atoms with van der Waals surface area (Å²) in [5.41, 5.74) is -0.271. The Morgan fingerprint density at radius 1 is 1.08 bits per heavy atom. The SMILES string of the molecule is CN(C)/C=C(/Oc1ccc(Cl)cc1)C(=O)c1ccccc1OC(F)(F)F. The number of para-hydroxylation sites is 1. The number of carbonyl (C=O) groups excluding carboxylic acids is 1. The van der Waals surface area contributed by atoms with E-state index in [4.69, 9.17) is 16.3 Å². The summed E-state index contributed by atoms with van der Waals surface area (Å²) in [5, 5.41) is 0.478. The van der Waals surface area contributed by atoms with Crippen LogP contribution in [-0.4, -0.2) is 31.1 Å². The van der Waals surface area contributed by atoms with E-state index in [-0.39, 0.29) is 11.3 Å². The molecule has 0 atom stereocenters. The monoisotopic (exact) mass is 385 g/mol. The highest BCUT2D eigenvalue weighted by Crippen LogP contribution is 2.29. The van der Waals surface area contributed by atoms with Crippen LogP contribution in [0.4, 0.5) is 13.2 Å². The van der Waals surface area contributed by atoms with Gasteiger partial charge < -0.3 is 14.4 Å². The summed E-state index contributed by atoms with van der Waals surface area (Å²) in [6, 6.07) is 11.3.